The molecule has 124 valence electrons. The molecule has 22 heavy (non-hydrogen) atoms. The monoisotopic (exact) mass is 328 g/mol. The number of ether oxygens (including phenoxy) is 2. The van der Waals surface area contributed by atoms with Crippen molar-refractivity contribution in [2.75, 3.05) is 26.8 Å². The maximum absolute atomic E-state index is 12.1. The molecule has 2 rings (SSSR count). The molecule has 0 aliphatic carbocycles. The first kappa shape index (κ1) is 18.6. The second-order valence-electron chi connectivity index (χ2n) is 5.54. The van der Waals surface area contributed by atoms with Gasteiger partial charge in [-0.1, -0.05) is 6.07 Å². The third-order valence-electron chi connectivity index (χ3n) is 4.04. The van der Waals surface area contributed by atoms with Crippen LogP contribution in [0.25, 0.3) is 0 Å². The maximum Gasteiger partial charge on any atom is 0.260 e. The number of hydrogen-bond donors (Lipinski definition) is 1. The van der Waals surface area contributed by atoms with Gasteiger partial charge in [-0.3, -0.25) is 4.79 Å². The first-order valence-electron chi connectivity index (χ1n) is 7.40. The van der Waals surface area contributed by atoms with Gasteiger partial charge in [-0.2, -0.15) is 0 Å². The molecule has 1 saturated heterocycles. The van der Waals surface area contributed by atoms with E-state index in [0.717, 1.165) is 31.7 Å². The molecule has 0 spiro atoms. The lowest BCUT2D eigenvalue weighted by Crippen LogP contribution is -2.44. The molecule has 6 heteroatoms. The zero-order chi connectivity index (χ0) is 15.2. The van der Waals surface area contributed by atoms with Crippen LogP contribution in [0.1, 0.15) is 19.8 Å². The van der Waals surface area contributed by atoms with Gasteiger partial charge in [0.15, 0.2) is 6.61 Å². The van der Waals surface area contributed by atoms with Gasteiger partial charge in [-0.15, -0.1) is 12.4 Å². The number of rotatable bonds is 5. The van der Waals surface area contributed by atoms with Crippen molar-refractivity contribution in [1.29, 1.82) is 0 Å². The average Bonchev–Trinajstić information content (AvgIpc) is 2.53. The number of carbonyl (C=O) groups is 1. The minimum absolute atomic E-state index is 0. The number of benzene rings is 1. The highest BCUT2D eigenvalue weighted by Gasteiger charge is 2.24. The van der Waals surface area contributed by atoms with Gasteiger partial charge in [0.2, 0.25) is 0 Å². The molecule has 1 aliphatic heterocycles. The lowest BCUT2D eigenvalue weighted by molar-refractivity contribution is -0.134. The number of amides is 1. The highest BCUT2D eigenvalue weighted by Crippen LogP contribution is 2.21. The largest absolute Gasteiger partial charge is 0.497 e. The van der Waals surface area contributed by atoms with Crippen molar-refractivity contribution in [2.45, 2.75) is 25.8 Å². The lowest BCUT2D eigenvalue weighted by atomic mass is 9.91. The number of piperidine rings is 1. The SMILES string of the molecule is COc1cccc(OCC(=O)N2CCC(C(C)N)CC2)c1.Cl. The van der Waals surface area contributed by atoms with Crippen LogP contribution in [-0.4, -0.2) is 43.7 Å². The average molecular weight is 329 g/mol. The summed E-state index contributed by atoms with van der Waals surface area (Å²) < 4.78 is 10.7. The van der Waals surface area contributed by atoms with E-state index >= 15 is 0 Å². The van der Waals surface area contributed by atoms with E-state index in [1.165, 1.54) is 0 Å². The van der Waals surface area contributed by atoms with Crippen LogP contribution in [0.15, 0.2) is 24.3 Å². The van der Waals surface area contributed by atoms with Crippen LogP contribution in [0.2, 0.25) is 0 Å². The predicted molar refractivity (Wildman–Crippen MR) is 88.7 cm³/mol. The van der Waals surface area contributed by atoms with E-state index in [1.807, 2.05) is 30.0 Å². The summed E-state index contributed by atoms with van der Waals surface area (Å²) in [5, 5.41) is 0. The summed E-state index contributed by atoms with van der Waals surface area (Å²) in [6.07, 6.45) is 1.95. The molecule has 5 nitrogen and oxygen atoms in total. The summed E-state index contributed by atoms with van der Waals surface area (Å²) in [5.74, 6) is 1.92. The fourth-order valence-corrected chi connectivity index (χ4v) is 2.60. The van der Waals surface area contributed by atoms with Crippen LogP contribution in [0.5, 0.6) is 11.5 Å². The summed E-state index contributed by atoms with van der Waals surface area (Å²) in [4.78, 5) is 14.0. The minimum atomic E-state index is 0. The molecule has 0 bridgehead atoms. The van der Waals surface area contributed by atoms with E-state index in [2.05, 4.69) is 0 Å². The van der Waals surface area contributed by atoms with Crippen LogP contribution < -0.4 is 15.2 Å². The Morgan fingerprint density at radius 1 is 1.36 bits per heavy atom. The van der Waals surface area contributed by atoms with Gasteiger partial charge in [0.25, 0.3) is 5.91 Å². The molecule has 2 N–H and O–H groups in total. The molecule has 1 aromatic rings. The number of carbonyl (C=O) groups excluding carboxylic acids is 1. The van der Waals surface area contributed by atoms with Gasteiger partial charge in [0.1, 0.15) is 11.5 Å². The number of nitrogens with two attached hydrogens (primary N) is 1. The molecule has 0 aromatic heterocycles. The summed E-state index contributed by atoms with van der Waals surface area (Å²) >= 11 is 0. The normalized spacial score (nSPS) is 16.6. The molecule has 1 amide bonds. The Morgan fingerprint density at radius 3 is 2.59 bits per heavy atom. The zero-order valence-corrected chi connectivity index (χ0v) is 14.0. The first-order chi connectivity index (χ1) is 10.1. The van der Waals surface area contributed by atoms with E-state index in [-0.39, 0.29) is 31.0 Å². The number of likely N-dealkylation sites (tertiary alicyclic amines) is 1. The summed E-state index contributed by atoms with van der Waals surface area (Å²) in [6, 6.07) is 7.48. The molecule has 1 unspecified atom stereocenters. The molecule has 1 aromatic carbocycles. The third-order valence-corrected chi connectivity index (χ3v) is 4.04. The number of methoxy groups -OCH3 is 1. The lowest BCUT2D eigenvalue weighted by Gasteiger charge is -2.33. The topological polar surface area (TPSA) is 64.8 Å². The first-order valence-corrected chi connectivity index (χ1v) is 7.40. The predicted octanol–water partition coefficient (Wildman–Crippen LogP) is 2.08. The van der Waals surface area contributed by atoms with Gasteiger partial charge in [0, 0.05) is 25.2 Å². The maximum atomic E-state index is 12.1. The smallest absolute Gasteiger partial charge is 0.260 e. The van der Waals surface area contributed by atoms with E-state index < -0.39 is 0 Å². The van der Waals surface area contributed by atoms with Gasteiger partial charge in [0.05, 0.1) is 7.11 Å². The highest BCUT2D eigenvalue weighted by molar-refractivity contribution is 5.85. The van der Waals surface area contributed by atoms with Crippen molar-refractivity contribution in [1.82, 2.24) is 4.90 Å². The van der Waals surface area contributed by atoms with Crippen molar-refractivity contribution in [3.8, 4) is 11.5 Å². The minimum Gasteiger partial charge on any atom is -0.497 e. The Bertz CT molecular complexity index is 474. The van der Waals surface area contributed by atoms with Crippen LogP contribution >= 0.6 is 12.4 Å². The number of halogens is 1. The van der Waals surface area contributed by atoms with Crippen LogP contribution in [0, 0.1) is 5.92 Å². The molecular formula is C16H25ClN2O3. The standard InChI is InChI=1S/C16H24N2O3.ClH/c1-12(17)13-6-8-18(9-7-13)16(19)11-21-15-5-3-4-14(10-15)20-2;/h3-5,10,12-13H,6-9,11,17H2,1-2H3;1H. The fourth-order valence-electron chi connectivity index (χ4n) is 2.60. The van der Waals surface area contributed by atoms with Crippen LogP contribution in [0.4, 0.5) is 0 Å². The van der Waals surface area contributed by atoms with Crippen molar-refractivity contribution in [3.63, 3.8) is 0 Å². The summed E-state index contributed by atoms with van der Waals surface area (Å²) in [6.45, 7) is 3.64. The van der Waals surface area contributed by atoms with Crippen molar-refractivity contribution >= 4 is 18.3 Å². The number of nitrogens with zero attached hydrogens (tertiary/aromatic N) is 1. The van der Waals surface area contributed by atoms with Crippen molar-refractivity contribution < 1.29 is 14.3 Å². The molecule has 0 saturated carbocycles. The van der Waals surface area contributed by atoms with E-state index in [9.17, 15) is 4.79 Å². The Kier molecular flexibility index (Phi) is 7.48. The van der Waals surface area contributed by atoms with Gasteiger partial charge >= 0.3 is 0 Å². The summed E-state index contributed by atoms with van der Waals surface area (Å²) in [5.41, 5.74) is 5.91. The Morgan fingerprint density at radius 2 is 2.00 bits per heavy atom. The molecule has 1 atom stereocenters. The van der Waals surface area contributed by atoms with E-state index in [4.69, 9.17) is 15.2 Å². The molecule has 1 fully saturated rings. The molecule has 0 radical (unpaired) electrons. The number of hydrogen-bond acceptors (Lipinski definition) is 4. The van der Waals surface area contributed by atoms with Crippen LogP contribution in [0.3, 0.4) is 0 Å². The second kappa shape index (κ2) is 8.86. The van der Waals surface area contributed by atoms with Gasteiger partial charge < -0.3 is 20.1 Å². The summed E-state index contributed by atoms with van der Waals surface area (Å²) in [7, 11) is 1.60. The zero-order valence-electron chi connectivity index (χ0n) is 13.2. The molecular weight excluding hydrogens is 304 g/mol. The second-order valence-corrected chi connectivity index (χ2v) is 5.54. The van der Waals surface area contributed by atoms with Gasteiger partial charge in [-0.05, 0) is 37.8 Å². The van der Waals surface area contributed by atoms with Crippen molar-refractivity contribution in [2.24, 2.45) is 11.7 Å². The highest BCUT2D eigenvalue weighted by atomic mass is 35.5. The fraction of sp³-hybridized carbons (Fsp3) is 0.562. The van der Waals surface area contributed by atoms with Crippen molar-refractivity contribution in [3.05, 3.63) is 24.3 Å². The molecule has 1 aliphatic rings. The third kappa shape index (κ3) is 5.07. The van der Waals surface area contributed by atoms with Gasteiger partial charge in [-0.25, -0.2) is 0 Å². The quantitative estimate of drug-likeness (QED) is 0.898. The molecule has 1 heterocycles. The van der Waals surface area contributed by atoms with E-state index in [0.29, 0.717) is 11.7 Å². The van der Waals surface area contributed by atoms with E-state index in [1.54, 1.807) is 13.2 Å². The Labute approximate surface area is 138 Å². The Hall–Kier alpha value is -1.46. The van der Waals surface area contributed by atoms with Crippen LogP contribution in [-0.2, 0) is 4.79 Å². The Balaban J connectivity index is 0.00000242.